The van der Waals surface area contributed by atoms with E-state index in [1.54, 1.807) is 11.8 Å². The summed E-state index contributed by atoms with van der Waals surface area (Å²) in [7, 11) is 0. The van der Waals surface area contributed by atoms with Gasteiger partial charge in [0, 0.05) is 42.6 Å². The van der Waals surface area contributed by atoms with Gasteiger partial charge < -0.3 is 4.90 Å². The van der Waals surface area contributed by atoms with Crippen molar-refractivity contribution in [3.05, 3.63) is 65.2 Å². The molecule has 2 aliphatic heterocycles. The molecule has 0 aromatic heterocycles. The number of carbonyl (C=O) groups excluding carboxylic acids is 2. The fraction of sp³-hybridized carbons (Fsp3) is 0.417. The van der Waals surface area contributed by atoms with Crippen LogP contribution in [0.1, 0.15) is 34.3 Å². The molecule has 1 fully saturated rings. The van der Waals surface area contributed by atoms with Crippen LogP contribution in [0.4, 0.5) is 0 Å². The van der Waals surface area contributed by atoms with E-state index in [0.29, 0.717) is 13.1 Å². The van der Waals surface area contributed by atoms with Gasteiger partial charge >= 0.3 is 0 Å². The van der Waals surface area contributed by atoms with Gasteiger partial charge in [-0.25, -0.2) is 0 Å². The Bertz CT molecular complexity index is 898. The predicted molar refractivity (Wildman–Crippen MR) is 117 cm³/mol. The molecule has 0 saturated carbocycles. The lowest BCUT2D eigenvalue weighted by molar-refractivity contribution is -0.134. The summed E-state index contributed by atoms with van der Waals surface area (Å²) in [5, 5.41) is 0. The molecule has 1 saturated heterocycles. The van der Waals surface area contributed by atoms with Crippen molar-refractivity contribution in [2.45, 2.75) is 30.7 Å². The molecule has 1 unspecified atom stereocenters. The second kappa shape index (κ2) is 9.14. The lowest BCUT2D eigenvalue weighted by Crippen LogP contribution is -2.47. The van der Waals surface area contributed by atoms with Crippen molar-refractivity contribution in [2.24, 2.45) is 5.92 Å². The summed E-state index contributed by atoms with van der Waals surface area (Å²) in [6, 6.07) is 16.3. The highest BCUT2D eigenvalue weighted by Crippen LogP contribution is 2.27. The first-order chi connectivity index (χ1) is 14.2. The number of thioether (sulfide) groups is 1. The van der Waals surface area contributed by atoms with Crippen LogP contribution in [0.15, 0.2) is 53.4 Å². The fourth-order valence-corrected chi connectivity index (χ4v) is 5.07. The molecule has 0 bridgehead atoms. The van der Waals surface area contributed by atoms with Crippen LogP contribution in [0.25, 0.3) is 0 Å². The molecule has 5 heteroatoms. The van der Waals surface area contributed by atoms with Crippen molar-refractivity contribution in [2.75, 3.05) is 32.4 Å². The van der Waals surface area contributed by atoms with E-state index in [0.717, 1.165) is 49.4 Å². The molecule has 0 N–H and O–H groups in total. The summed E-state index contributed by atoms with van der Waals surface area (Å²) >= 11 is 1.60. The zero-order valence-electron chi connectivity index (χ0n) is 17.0. The van der Waals surface area contributed by atoms with E-state index in [1.807, 2.05) is 35.4 Å². The first kappa shape index (κ1) is 20.2. The van der Waals surface area contributed by atoms with Crippen molar-refractivity contribution < 1.29 is 9.59 Å². The van der Waals surface area contributed by atoms with Crippen molar-refractivity contribution in [3.8, 4) is 0 Å². The van der Waals surface area contributed by atoms with E-state index < -0.39 is 0 Å². The molecule has 4 nitrogen and oxygen atoms in total. The number of fused-ring (bicyclic) bond motifs is 1. The average Bonchev–Trinajstić information content (AvgIpc) is 2.78. The third-order valence-electron chi connectivity index (χ3n) is 6.09. The van der Waals surface area contributed by atoms with Crippen molar-refractivity contribution in [3.63, 3.8) is 0 Å². The minimum Gasteiger partial charge on any atom is -0.341 e. The number of hydrogen-bond acceptors (Lipinski definition) is 4. The zero-order chi connectivity index (χ0) is 20.2. The summed E-state index contributed by atoms with van der Waals surface area (Å²) < 4.78 is 0. The standard InChI is InChI=1S/C24H28N2O2S/c1-29-22-11-5-4-10-21(22)24(28)20-9-6-13-26(16-20)23(27)17-25-14-12-18-7-2-3-8-19(18)15-25/h2-5,7-8,10-11,20H,6,9,12-17H2,1H3. The lowest BCUT2D eigenvalue weighted by Gasteiger charge is -2.35. The van der Waals surface area contributed by atoms with Gasteiger partial charge in [-0.3, -0.25) is 14.5 Å². The average molecular weight is 409 g/mol. The topological polar surface area (TPSA) is 40.6 Å². The Labute approximate surface area is 177 Å². The van der Waals surface area contributed by atoms with Crippen LogP contribution in [0.3, 0.4) is 0 Å². The van der Waals surface area contributed by atoms with Crippen molar-refractivity contribution in [1.82, 2.24) is 9.80 Å². The maximum atomic E-state index is 13.1. The van der Waals surface area contributed by atoms with Gasteiger partial charge in [0.2, 0.25) is 5.91 Å². The molecule has 0 aliphatic carbocycles. The van der Waals surface area contributed by atoms with E-state index in [1.165, 1.54) is 11.1 Å². The molecule has 29 heavy (non-hydrogen) atoms. The molecule has 0 spiro atoms. The molecule has 2 aliphatic rings. The van der Waals surface area contributed by atoms with Gasteiger partial charge in [0.05, 0.1) is 6.54 Å². The Morgan fingerprint density at radius 3 is 2.62 bits per heavy atom. The molecule has 1 atom stereocenters. The fourth-order valence-electron chi connectivity index (χ4n) is 4.47. The monoisotopic (exact) mass is 408 g/mol. The smallest absolute Gasteiger partial charge is 0.236 e. The molecule has 4 rings (SSSR count). The highest BCUT2D eigenvalue weighted by Gasteiger charge is 2.30. The molecule has 2 heterocycles. The molecule has 1 amide bonds. The van der Waals surface area contributed by atoms with Crippen LogP contribution < -0.4 is 0 Å². The minimum absolute atomic E-state index is 0.0944. The number of ketones is 1. The lowest BCUT2D eigenvalue weighted by atomic mass is 9.90. The number of rotatable bonds is 5. The Balaban J connectivity index is 1.38. The quantitative estimate of drug-likeness (QED) is 0.556. The summed E-state index contributed by atoms with van der Waals surface area (Å²) in [6.45, 7) is 3.50. The number of amides is 1. The van der Waals surface area contributed by atoms with E-state index in [-0.39, 0.29) is 17.6 Å². The van der Waals surface area contributed by atoms with Gasteiger partial charge in [-0.05, 0) is 42.7 Å². The van der Waals surface area contributed by atoms with Gasteiger partial charge in [0.1, 0.15) is 0 Å². The highest BCUT2D eigenvalue weighted by molar-refractivity contribution is 7.98. The van der Waals surface area contributed by atoms with Crippen molar-refractivity contribution >= 4 is 23.5 Å². The first-order valence-electron chi connectivity index (χ1n) is 10.4. The van der Waals surface area contributed by atoms with Gasteiger partial charge in [0.15, 0.2) is 5.78 Å². The minimum atomic E-state index is -0.0944. The molecular weight excluding hydrogens is 380 g/mol. The van der Waals surface area contributed by atoms with Gasteiger partial charge in [-0.2, -0.15) is 0 Å². The maximum absolute atomic E-state index is 13.1. The van der Waals surface area contributed by atoms with Crippen LogP contribution in [-0.4, -0.2) is 53.9 Å². The van der Waals surface area contributed by atoms with E-state index in [9.17, 15) is 9.59 Å². The first-order valence-corrected chi connectivity index (χ1v) is 11.6. The Kier molecular flexibility index (Phi) is 6.36. The SMILES string of the molecule is CSc1ccccc1C(=O)C1CCCN(C(=O)CN2CCc3ccccc3C2)C1. The summed E-state index contributed by atoms with van der Waals surface area (Å²) in [5.41, 5.74) is 3.52. The highest BCUT2D eigenvalue weighted by atomic mass is 32.2. The summed E-state index contributed by atoms with van der Waals surface area (Å²) in [6.07, 6.45) is 4.75. The van der Waals surface area contributed by atoms with Crippen LogP contribution in [0.2, 0.25) is 0 Å². The number of hydrogen-bond donors (Lipinski definition) is 0. The molecule has 2 aromatic rings. The van der Waals surface area contributed by atoms with Crippen LogP contribution in [0, 0.1) is 5.92 Å². The largest absolute Gasteiger partial charge is 0.341 e. The third-order valence-corrected chi connectivity index (χ3v) is 6.88. The second-order valence-corrected chi connectivity index (χ2v) is 8.82. The summed E-state index contributed by atoms with van der Waals surface area (Å²) in [5.74, 6) is 0.238. The van der Waals surface area contributed by atoms with E-state index in [2.05, 4.69) is 29.2 Å². The van der Waals surface area contributed by atoms with Gasteiger partial charge in [-0.1, -0.05) is 42.5 Å². The summed E-state index contributed by atoms with van der Waals surface area (Å²) in [4.78, 5) is 31.3. The molecule has 152 valence electrons. The van der Waals surface area contributed by atoms with Crippen LogP contribution >= 0.6 is 11.8 Å². The Morgan fingerprint density at radius 2 is 1.79 bits per heavy atom. The Morgan fingerprint density at radius 1 is 1.03 bits per heavy atom. The van der Waals surface area contributed by atoms with E-state index in [4.69, 9.17) is 0 Å². The molecule has 2 aromatic carbocycles. The number of benzene rings is 2. The normalized spacial score (nSPS) is 19.6. The van der Waals surface area contributed by atoms with Gasteiger partial charge in [0.25, 0.3) is 0 Å². The van der Waals surface area contributed by atoms with Gasteiger partial charge in [-0.15, -0.1) is 11.8 Å². The number of carbonyl (C=O) groups is 2. The van der Waals surface area contributed by atoms with E-state index >= 15 is 0 Å². The van der Waals surface area contributed by atoms with Crippen molar-refractivity contribution in [1.29, 1.82) is 0 Å². The number of Topliss-reactive ketones (excluding diaryl/α,β-unsaturated/α-hetero) is 1. The van der Waals surface area contributed by atoms with Crippen LogP contribution in [-0.2, 0) is 17.8 Å². The molecule has 0 radical (unpaired) electrons. The second-order valence-electron chi connectivity index (χ2n) is 7.97. The number of likely N-dealkylation sites (tertiary alicyclic amines) is 1. The maximum Gasteiger partial charge on any atom is 0.236 e. The Hall–Kier alpha value is -2.11. The number of nitrogens with zero attached hydrogens (tertiary/aromatic N) is 2. The number of piperidine rings is 1. The zero-order valence-corrected chi connectivity index (χ0v) is 17.8. The van der Waals surface area contributed by atoms with Crippen LogP contribution in [0.5, 0.6) is 0 Å². The third kappa shape index (κ3) is 4.57. The molecular formula is C24H28N2O2S. The predicted octanol–water partition coefficient (Wildman–Crippen LogP) is 3.89.